The van der Waals surface area contributed by atoms with Crippen molar-refractivity contribution in [3.8, 4) is 11.5 Å². The standard InChI is InChI=1S/C20H18N4O3S/c1-24-15-8-4-2-7-12(15)18(26)17(19(24)27)14-10-13(22-23-20(28)21-14)11-6-3-5-9-16(11)25/h2-9,13,22,25-26H,10H2,1H3,(H,23,28)/t13-/m1/s1. The molecule has 7 nitrogen and oxygen atoms in total. The van der Waals surface area contributed by atoms with Gasteiger partial charge in [0, 0.05) is 24.4 Å². The van der Waals surface area contributed by atoms with Gasteiger partial charge in [-0.05, 0) is 30.4 Å². The van der Waals surface area contributed by atoms with Crippen LogP contribution in [0, 0.1) is 0 Å². The lowest BCUT2D eigenvalue weighted by Crippen LogP contribution is -2.36. The molecule has 8 heteroatoms. The van der Waals surface area contributed by atoms with Crippen molar-refractivity contribution in [1.82, 2.24) is 15.4 Å². The number of rotatable bonds is 2. The topological polar surface area (TPSA) is 98.9 Å². The fraction of sp³-hybridized carbons (Fsp3) is 0.150. The number of pyridine rings is 1. The van der Waals surface area contributed by atoms with Crippen LogP contribution in [0.4, 0.5) is 0 Å². The maximum Gasteiger partial charge on any atom is 0.263 e. The lowest BCUT2D eigenvalue weighted by atomic mass is 9.96. The molecule has 0 saturated heterocycles. The van der Waals surface area contributed by atoms with Crippen molar-refractivity contribution < 1.29 is 10.2 Å². The van der Waals surface area contributed by atoms with Gasteiger partial charge < -0.3 is 14.8 Å². The molecular formula is C20H18N4O3S. The van der Waals surface area contributed by atoms with Crippen LogP contribution in [0.25, 0.3) is 10.9 Å². The molecule has 0 fully saturated rings. The molecule has 0 saturated carbocycles. The largest absolute Gasteiger partial charge is 0.508 e. The zero-order valence-electron chi connectivity index (χ0n) is 15.0. The summed E-state index contributed by atoms with van der Waals surface area (Å²) in [5.74, 6) is -0.0113. The summed E-state index contributed by atoms with van der Waals surface area (Å²) < 4.78 is 1.48. The van der Waals surface area contributed by atoms with Gasteiger partial charge >= 0.3 is 0 Å². The summed E-state index contributed by atoms with van der Waals surface area (Å²) in [6.07, 6.45) is 0.242. The van der Waals surface area contributed by atoms with Crippen LogP contribution in [0.5, 0.6) is 11.5 Å². The zero-order valence-corrected chi connectivity index (χ0v) is 15.8. The van der Waals surface area contributed by atoms with Gasteiger partial charge in [-0.25, -0.2) is 10.4 Å². The molecule has 142 valence electrons. The van der Waals surface area contributed by atoms with E-state index in [9.17, 15) is 15.0 Å². The van der Waals surface area contributed by atoms with Crippen LogP contribution in [-0.4, -0.2) is 25.6 Å². The van der Waals surface area contributed by atoms with E-state index < -0.39 is 6.04 Å². The molecule has 2 heterocycles. The van der Waals surface area contributed by atoms with Crippen LogP contribution >= 0.6 is 12.2 Å². The van der Waals surface area contributed by atoms with Gasteiger partial charge in [0.25, 0.3) is 5.56 Å². The summed E-state index contributed by atoms with van der Waals surface area (Å²) >= 11 is 5.21. The minimum absolute atomic E-state index is 0.106. The predicted molar refractivity (Wildman–Crippen MR) is 112 cm³/mol. The Kier molecular flexibility index (Phi) is 4.58. The first-order chi connectivity index (χ1) is 13.5. The van der Waals surface area contributed by atoms with Gasteiger partial charge in [-0.1, -0.05) is 30.3 Å². The van der Waals surface area contributed by atoms with Crippen LogP contribution in [0.3, 0.4) is 0 Å². The number of phenolic OH excluding ortho intramolecular Hbond substituents is 1. The number of phenols is 1. The Morgan fingerprint density at radius 3 is 2.64 bits per heavy atom. The van der Waals surface area contributed by atoms with Crippen LogP contribution in [-0.2, 0) is 7.05 Å². The number of hydrogen-bond acceptors (Lipinski definition) is 5. The summed E-state index contributed by atoms with van der Waals surface area (Å²) in [4.78, 5) is 17.4. The maximum atomic E-state index is 13.0. The number of aromatic hydroxyl groups is 2. The van der Waals surface area contributed by atoms with Crippen molar-refractivity contribution in [3.63, 3.8) is 0 Å². The molecule has 1 aromatic heterocycles. The number of aryl methyl sites for hydroxylation is 1. The number of aromatic nitrogens is 1. The molecule has 1 aliphatic rings. The molecular weight excluding hydrogens is 376 g/mol. The third-order valence-electron chi connectivity index (χ3n) is 4.86. The SMILES string of the molecule is Cn1c(=O)c(C2=NC(=S)NN[C@@H](c3ccccc3O)C2)c(O)c2ccccc21. The number of benzene rings is 2. The van der Waals surface area contributed by atoms with Gasteiger partial charge in [0.2, 0.25) is 5.11 Å². The first-order valence-electron chi connectivity index (χ1n) is 8.69. The third kappa shape index (κ3) is 3.02. The summed E-state index contributed by atoms with van der Waals surface area (Å²) in [6, 6.07) is 13.6. The molecule has 2 aromatic carbocycles. The van der Waals surface area contributed by atoms with Crippen molar-refractivity contribution in [1.29, 1.82) is 0 Å². The molecule has 28 heavy (non-hydrogen) atoms. The second-order valence-corrected chi connectivity index (χ2v) is 6.94. The highest BCUT2D eigenvalue weighted by molar-refractivity contribution is 7.80. The lowest BCUT2D eigenvalue weighted by molar-refractivity contribution is 0.444. The number of aliphatic imine (C=N–C) groups is 1. The molecule has 1 aliphatic heterocycles. The van der Waals surface area contributed by atoms with E-state index >= 15 is 0 Å². The quantitative estimate of drug-likeness (QED) is 0.498. The van der Waals surface area contributed by atoms with Crippen molar-refractivity contribution in [2.75, 3.05) is 0 Å². The highest BCUT2D eigenvalue weighted by Crippen LogP contribution is 2.31. The molecule has 4 N–H and O–H groups in total. The van der Waals surface area contributed by atoms with Gasteiger partial charge in [-0.2, -0.15) is 0 Å². The van der Waals surface area contributed by atoms with Gasteiger partial charge in [-0.3, -0.25) is 10.2 Å². The van der Waals surface area contributed by atoms with Gasteiger partial charge in [0.1, 0.15) is 17.1 Å². The van der Waals surface area contributed by atoms with Crippen molar-refractivity contribution in [3.05, 3.63) is 70.0 Å². The highest BCUT2D eigenvalue weighted by atomic mass is 32.1. The van der Waals surface area contributed by atoms with Crippen molar-refractivity contribution in [2.24, 2.45) is 12.0 Å². The zero-order chi connectivity index (χ0) is 19.8. The van der Waals surface area contributed by atoms with E-state index in [2.05, 4.69) is 15.8 Å². The second kappa shape index (κ2) is 7.06. The molecule has 3 aromatic rings. The maximum absolute atomic E-state index is 13.0. The lowest BCUT2D eigenvalue weighted by Gasteiger charge is -2.19. The fourth-order valence-corrected chi connectivity index (χ4v) is 3.63. The van der Waals surface area contributed by atoms with Crippen LogP contribution in [0.1, 0.15) is 23.6 Å². The van der Waals surface area contributed by atoms with E-state index in [1.807, 2.05) is 6.07 Å². The van der Waals surface area contributed by atoms with Gasteiger partial charge in [0.05, 0.1) is 17.3 Å². The molecule has 0 amide bonds. The first-order valence-corrected chi connectivity index (χ1v) is 9.10. The van der Waals surface area contributed by atoms with Crippen molar-refractivity contribution >= 4 is 33.9 Å². The average Bonchev–Trinajstić information content (AvgIpc) is 2.88. The van der Waals surface area contributed by atoms with E-state index in [1.165, 1.54) is 4.57 Å². The Hall–Kier alpha value is -3.23. The molecule has 0 bridgehead atoms. The fourth-order valence-electron chi connectivity index (χ4n) is 3.46. The number of para-hydroxylation sites is 2. The summed E-state index contributed by atoms with van der Waals surface area (Å²) in [7, 11) is 1.65. The average molecular weight is 394 g/mol. The number of nitrogens with one attached hydrogen (secondary N) is 2. The van der Waals surface area contributed by atoms with Gasteiger partial charge in [-0.15, -0.1) is 0 Å². The second-order valence-electron chi connectivity index (χ2n) is 6.55. The minimum Gasteiger partial charge on any atom is -0.508 e. The Morgan fingerprint density at radius 1 is 1.14 bits per heavy atom. The van der Waals surface area contributed by atoms with E-state index in [0.717, 1.165) is 0 Å². The molecule has 0 radical (unpaired) electrons. The number of fused-ring (bicyclic) bond motifs is 1. The summed E-state index contributed by atoms with van der Waals surface area (Å²) in [5, 5.41) is 21.8. The van der Waals surface area contributed by atoms with E-state index in [4.69, 9.17) is 12.2 Å². The van der Waals surface area contributed by atoms with Crippen LogP contribution in [0.2, 0.25) is 0 Å². The normalized spacial score (nSPS) is 17.1. The van der Waals surface area contributed by atoms with Crippen molar-refractivity contribution in [2.45, 2.75) is 12.5 Å². The predicted octanol–water partition coefficient (Wildman–Crippen LogP) is 2.26. The van der Waals surface area contributed by atoms with Crippen LogP contribution in [0.15, 0.2) is 58.3 Å². The number of nitrogens with zero attached hydrogens (tertiary/aromatic N) is 2. The number of hydrazine groups is 1. The smallest absolute Gasteiger partial charge is 0.263 e. The Bertz CT molecular complexity index is 1190. The Morgan fingerprint density at radius 2 is 1.86 bits per heavy atom. The van der Waals surface area contributed by atoms with E-state index in [-0.39, 0.29) is 34.2 Å². The van der Waals surface area contributed by atoms with E-state index in [1.54, 1.807) is 49.5 Å². The Balaban J connectivity index is 1.89. The molecule has 4 rings (SSSR count). The monoisotopic (exact) mass is 394 g/mol. The third-order valence-corrected chi connectivity index (χ3v) is 5.06. The first kappa shape index (κ1) is 18.1. The highest BCUT2D eigenvalue weighted by Gasteiger charge is 2.26. The summed E-state index contributed by atoms with van der Waals surface area (Å²) in [6.45, 7) is 0. The number of thiocarbonyl (C=S) groups is 1. The summed E-state index contributed by atoms with van der Waals surface area (Å²) in [5.41, 5.74) is 7.17. The molecule has 1 atom stereocenters. The molecule has 0 unspecified atom stereocenters. The Labute approximate surface area is 165 Å². The molecule has 0 spiro atoms. The van der Waals surface area contributed by atoms with Crippen LogP contribution < -0.4 is 16.4 Å². The number of hydrogen-bond donors (Lipinski definition) is 4. The van der Waals surface area contributed by atoms with Gasteiger partial charge in [0.15, 0.2) is 0 Å². The minimum atomic E-state index is -0.407. The van der Waals surface area contributed by atoms with E-state index in [0.29, 0.717) is 22.2 Å². The molecule has 0 aliphatic carbocycles.